The van der Waals surface area contributed by atoms with E-state index in [1.54, 1.807) is 12.1 Å². The maximum absolute atomic E-state index is 13.2. The average Bonchev–Trinajstić information content (AvgIpc) is 2.75. The van der Waals surface area contributed by atoms with Crippen LogP contribution in [0, 0.1) is 13.8 Å². The van der Waals surface area contributed by atoms with Crippen molar-refractivity contribution < 1.29 is 8.83 Å². The van der Waals surface area contributed by atoms with Crippen LogP contribution in [0.4, 0.5) is 0 Å². The summed E-state index contributed by atoms with van der Waals surface area (Å²) < 4.78 is 11.4. The van der Waals surface area contributed by atoms with Gasteiger partial charge in [0.1, 0.15) is 23.7 Å². The number of fused-ring (bicyclic) bond motifs is 2. The highest BCUT2D eigenvalue weighted by molar-refractivity contribution is 5.95. The lowest BCUT2D eigenvalue weighted by Crippen LogP contribution is -2.08. The average molecular weight is 394 g/mol. The molecule has 0 saturated heterocycles. The zero-order valence-corrected chi connectivity index (χ0v) is 16.6. The van der Waals surface area contributed by atoms with E-state index in [2.05, 4.69) is 0 Å². The Labute approximate surface area is 172 Å². The maximum atomic E-state index is 13.2. The summed E-state index contributed by atoms with van der Waals surface area (Å²) in [6, 6.07) is 18.5. The molecule has 0 aliphatic rings. The van der Waals surface area contributed by atoms with Crippen molar-refractivity contribution in [3.05, 3.63) is 105 Å². The second-order valence-corrected chi connectivity index (χ2v) is 7.53. The zero-order valence-electron chi connectivity index (χ0n) is 16.6. The minimum absolute atomic E-state index is 0.179. The quantitative estimate of drug-likeness (QED) is 0.352. The molecule has 3 aromatic carbocycles. The van der Waals surface area contributed by atoms with Crippen molar-refractivity contribution in [2.24, 2.45) is 0 Å². The van der Waals surface area contributed by atoms with Gasteiger partial charge in [-0.1, -0.05) is 59.7 Å². The highest BCUT2D eigenvalue weighted by Crippen LogP contribution is 2.25. The third-order valence-electron chi connectivity index (χ3n) is 5.39. The monoisotopic (exact) mass is 394 g/mol. The standard InChI is InChI=1S/C26H18O4/c1-15-3-7-17(8-4-15)21-13-29-23-12-24-20(11-19(23)25(21)27)26(28)22(14-30-24)18-9-5-16(2)6-10-18/h3-14H,1-2H3. The molecule has 0 bridgehead atoms. The fourth-order valence-corrected chi connectivity index (χ4v) is 3.62. The van der Waals surface area contributed by atoms with E-state index in [4.69, 9.17) is 8.83 Å². The van der Waals surface area contributed by atoms with Crippen LogP contribution >= 0.6 is 0 Å². The molecule has 0 atom stereocenters. The molecule has 0 amide bonds. The van der Waals surface area contributed by atoms with Gasteiger partial charge < -0.3 is 8.83 Å². The fraction of sp³-hybridized carbons (Fsp3) is 0.0769. The molecule has 5 aromatic rings. The van der Waals surface area contributed by atoms with Gasteiger partial charge in [0.25, 0.3) is 0 Å². The van der Waals surface area contributed by atoms with Crippen molar-refractivity contribution in [2.75, 3.05) is 0 Å². The predicted molar refractivity (Wildman–Crippen MR) is 119 cm³/mol. The molecule has 0 spiro atoms. The Morgan fingerprint density at radius 1 is 0.567 bits per heavy atom. The van der Waals surface area contributed by atoms with Crippen molar-refractivity contribution in [3.8, 4) is 22.3 Å². The summed E-state index contributed by atoms with van der Waals surface area (Å²) in [6.45, 7) is 3.98. The van der Waals surface area contributed by atoms with E-state index in [-0.39, 0.29) is 10.9 Å². The zero-order chi connectivity index (χ0) is 20.8. The van der Waals surface area contributed by atoms with Gasteiger partial charge in [-0.3, -0.25) is 9.59 Å². The molecule has 0 saturated carbocycles. The number of hydrogen-bond acceptors (Lipinski definition) is 4. The Morgan fingerprint density at radius 2 is 0.967 bits per heavy atom. The van der Waals surface area contributed by atoms with Gasteiger partial charge in [-0.15, -0.1) is 0 Å². The minimum Gasteiger partial charge on any atom is -0.463 e. The summed E-state index contributed by atoms with van der Waals surface area (Å²) in [6.07, 6.45) is 2.92. The molecule has 5 rings (SSSR count). The molecule has 4 heteroatoms. The van der Waals surface area contributed by atoms with Crippen LogP contribution in [-0.4, -0.2) is 0 Å². The molecule has 2 aromatic heterocycles. The summed E-state index contributed by atoms with van der Waals surface area (Å²) in [5, 5.41) is 0.711. The van der Waals surface area contributed by atoms with Gasteiger partial charge in [0.15, 0.2) is 0 Å². The van der Waals surface area contributed by atoms with E-state index in [9.17, 15) is 9.59 Å². The number of aryl methyl sites for hydroxylation is 2. The molecule has 4 nitrogen and oxygen atoms in total. The van der Waals surface area contributed by atoms with E-state index in [0.29, 0.717) is 33.1 Å². The Balaban J connectivity index is 1.75. The molecular formula is C26H18O4. The SMILES string of the molecule is Cc1ccc(-c2coc3cc4occ(-c5ccc(C)cc5)c(=O)c4cc3c2=O)cc1. The Kier molecular flexibility index (Phi) is 4.14. The summed E-state index contributed by atoms with van der Waals surface area (Å²) in [7, 11) is 0. The molecule has 146 valence electrons. The first kappa shape index (κ1) is 18.1. The van der Waals surface area contributed by atoms with Crippen molar-refractivity contribution >= 4 is 21.9 Å². The summed E-state index contributed by atoms with van der Waals surface area (Å²) in [5.74, 6) is 0. The molecular weight excluding hydrogens is 376 g/mol. The molecule has 2 heterocycles. The second-order valence-electron chi connectivity index (χ2n) is 7.53. The van der Waals surface area contributed by atoms with Crippen molar-refractivity contribution in [1.29, 1.82) is 0 Å². The topological polar surface area (TPSA) is 60.4 Å². The Morgan fingerprint density at radius 3 is 1.37 bits per heavy atom. The van der Waals surface area contributed by atoms with E-state index in [0.717, 1.165) is 22.3 Å². The van der Waals surface area contributed by atoms with Gasteiger partial charge in [0.05, 0.1) is 21.9 Å². The Bertz CT molecular complexity index is 1400. The lowest BCUT2D eigenvalue weighted by atomic mass is 10.0. The van der Waals surface area contributed by atoms with Crippen LogP contribution in [0.15, 0.2) is 91.6 Å². The molecule has 30 heavy (non-hydrogen) atoms. The van der Waals surface area contributed by atoms with Crippen LogP contribution in [0.5, 0.6) is 0 Å². The van der Waals surface area contributed by atoms with Crippen LogP contribution in [0.2, 0.25) is 0 Å². The van der Waals surface area contributed by atoms with Gasteiger partial charge in [0.2, 0.25) is 10.9 Å². The van der Waals surface area contributed by atoms with Crippen molar-refractivity contribution in [2.45, 2.75) is 13.8 Å². The number of hydrogen-bond donors (Lipinski definition) is 0. The van der Waals surface area contributed by atoms with Crippen LogP contribution < -0.4 is 10.9 Å². The smallest absolute Gasteiger partial charge is 0.200 e. The van der Waals surface area contributed by atoms with Crippen LogP contribution in [0.1, 0.15) is 11.1 Å². The normalized spacial score (nSPS) is 11.3. The predicted octanol–water partition coefficient (Wildman–Crippen LogP) is 5.85. The van der Waals surface area contributed by atoms with E-state index >= 15 is 0 Å². The third-order valence-corrected chi connectivity index (χ3v) is 5.39. The molecule has 0 fully saturated rings. The molecule has 0 aliphatic heterocycles. The van der Waals surface area contributed by atoms with Gasteiger partial charge in [0, 0.05) is 6.07 Å². The lowest BCUT2D eigenvalue weighted by molar-refractivity contribution is 0.592. The fourth-order valence-electron chi connectivity index (χ4n) is 3.62. The summed E-state index contributed by atoms with van der Waals surface area (Å²) in [5.41, 5.74) is 5.09. The second kappa shape index (κ2) is 6.85. The maximum Gasteiger partial charge on any atom is 0.200 e. The van der Waals surface area contributed by atoms with Gasteiger partial charge in [-0.05, 0) is 31.0 Å². The van der Waals surface area contributed by atoms with Crippen LogP contribution in [0.3, 0.4) is 0 Å². The first-order valence-electron chi connectivity index (χ1n) is 9.66. The van der Waals surface area contributed by atoms with Crippen LogP contribution in [-0.2, 0) is 0 Å². The van der Waals surface area contributed by atoms with Crippen molar-refractivity contribution in [1.82, 2.24) is 0 Å². The summed E-state index contributed by atoms with van der Waals surface area (Å²) >= 11 is 0. The third kappa shape index (κ3) is 2.94. The molecule has 0 N–H and O–H groups in total. The van der Waals surface area contributed by atoms with E-state index < -0.39 is 0 Å². The number of rotatable bonds is 2. The van der Waals surface area contributed by atoms with Gasteiger partial charge >= 0.3 is 0 Å². The highest BCUT2D eigenvalue weighted by atomic mass is 16.3. The molecule has 0 unspecified atom stereocenters. The largest absolute Gasteiger partial charge is 0.463 e. The number of benzene rings is 3. The van der Waals surface area contributed by atoms with Gasteiger partial charge in [-0.25, -0.2) is 0 Å². The van der Waals surface area contributed by atoms with E-state index in [1.807, 2.05) is 62.4 Å². The summed E-state index contributed by atoms with van der Waals surface area (Å²) in [4.78, 5) is 26.3. The highest BCUT2D eigenvalue weighted by Gasteiger charge is 2.14. The Hall–Kier alpha value is -3.92. The van der Waals surface area contributed by atoms with Gasteiger partial charge in [-0.2, -0.15) is 0 Å². The van der Waals surface area contributed by atoms with E-state index in [1.165, 1.54) is 12.5 Å². The van der Waals surface area contributed by atoms with Crippen LogP contribution in [0.25, 0.3) is 44.2 Å². The first-order chi connectivity index (χ1) is 14.5. The minimum atomic E-state index is -0.179. The van der Waals surface area contributed by atoms with Crippen molar-refractivity contribution in [3.63, 3.8) is 0 Å². The first-order valence-corrected chi connectivity index (χ1v) is 9.66. The molecule has 0 radical (unpaired) electrons. The lowest BCUT2D eigenvalue weighted by Gasteiger charge is -2.06. The molecule has 0 aliphatic carbocycles.